The zero-order valence-electron chi connectivity index (χ0n) is 9.37. The van der Waals surface area contributed by atoms with Crippen LogP contribution in [0.1, 0.15) is 5.56 Å². The van der Waals surface area contributed by atoms with E-state index in [1.165, 1.54) is 0 Å². The Hall–Kier alpha value is -1.19. The summed E-state index contributed by atoms with van der Waals surface area (Å²) < 4.78 is 20.3. The normalized spacial score (nSPS) is 14.7. The molecule has 0 fully saturated rings. The Morgan fingerprint density at radius 2 is 1.88 bits per heavy atom. The van der Waals surface area contributed by atoms with Crippen LogP contribution in [-0.2, 0) is 20.2 Å². The number of fused-ring (bicyclic) bond motifs is 1. The minimum absolute atomic E-state index is 0.0481. The quantitative estimate of drug-likeness (QED) is 0.849. The molecule has 0 bridgehead atoms. The van der Waals surface area contributed by atoms with E-state index >= 15 is 0 Å². The van der Waals surface area contributed by atoms with Crippen molar-refractivity contribution in [3.8, 4) is 0 Å². The first kappa shape index (κ1) is 12.3. The Labute approximate surface area is 99.4 Å². The fourth-order valence-corrected chi connectivity index (χ4v) is 1.96. The molecule has 1 N–H and O–H groups in total. The van der Waals surface area contributed by atoms with Gasteiger partial charge in [0.1, 0.15) is 0 Å². The van der Waals surface area contributed by atoms with E-state index < -0.39 is 7.82 Å². The molecule has 0 aromatic heterocycles. The first-order chi connectivity index (χ1) is 8.11. The maximum atomic E-state index is 11.1. The standard InChI is InChI=1S/C12H13O4P/c1-15-17(13,14)16-9-10-6-7-11-4-2-3-5-12(11)8-10/h2-8H,9H2,1H3,(H,13,14). The Bertz CT molecular complexity index is 567. The molecule has 1 unspecified atom stereocenters. The summed E-state index contributed by atoms with van der Waals surface area (Å²) in [6.45, 7) is 0.0481. The fraction of sp³-hybridized carbons (Fsp3) is 0.167. The minimum atomic E-state index is -3.90. The van der Waals surface area contributed by atoms with E-state index in [0.29, 0.717) is 0 Å². The summed E-state index contributed by atoms with van der Waals surface area (Å²) in [4.78, 5) is 9.11. The number of phosphoric ester groups is 1. The highest BCUT2D eigenvalue weighted by atomic mass is 31.2. The van der Waals surface area contributed by atoms with Crippen molar-refractivity contribution in [3.05, 3.63) is 48.0 Å². The lowest BCUT2D eigenvalue weighted by atomic mass is 10.1. The number of rotatable bonds is 4. The number of hydrogen-bond donors (Lipinski definition) is 1. The maximum Gasteiger partial charge on any atom is 0.472 e. The van der Waals surface area contributed by atoms with E-state index in [2.05, 4.69) is 4.52 Å². The van der Waals surface area contributed by atoms with Gasteiger partial charge in [0.15, 0.2) is 0 Å². The largest absolute Gasteiger partial charge is 0.472 e. The second-order valence-electron chi connectivity index (χ2n) is 3.61. The molecule has 5 heteroatoms. The highest BCUT2D eigenvalue weighted by Gasteiger charge is 2.17. The molecule has 0 radical (unpaired) electrons. The zero-order chi connectivity index (χ0) is 12.3. The smallest absolute Gasteiger partial charge is 0.302 e. The highest BCUT2D eigenvalue weighted by molar-refractivity contribution is 7.47. The molecular weight excluding hydrogens is 239 g/mol. The van der Waals surface area contributed by atoms with Gasteiger partial charge < -0.3 is 4.89 Å². The summed E-state index contributed by atoms with van der Waals surface area (Å²) in [6.07, 6.45) is 0. The van der Waals surface area contributed by atoms with E-state index in [4.69, 9.17) is 9.42 Å². The molecule has 2 rings (SSSR count). The zero-order valence-corrected chi connectivity index (χ0v) is 10.3. The fourth-order valence-electron chi connectivity index (χ4n) is 1.54. The van der Waals surface area contributed by atoms with Gasteiger partial charge in [-0.3, -0.25) is 9.05 Å². The van der Waals surface area contributed by atoms with Crippen molar-refractivity contribution in [3.63, 3.8) is 0 Å². The van der Waals surface area contributed by atoms with Crippen molar-refractivity contribution in [1.82, 2.24) is 0 Å². The number of hydrogen-bond acceptors (Lipinski definition) is 3. The Kier molecular flexibility index (Phi) is 3.60. The number of benzene rings is 2. The predicted molar refractivity (Wildman–Crippen MR) is 65.6 cm³/mol. The molecular formula is C12H13O4P. The van der Waals surface area contributed by atoms with Gasteiger partial charge in [0.25, 0.3) is 0 Å². The molecule has 0 amide bonds. The van der Waals surface area contributed by atoms with Crippen molar-refractivity contribution in [2.24, 2.45) is 0 Å². The van der Waals surface area contributed by atoms with Gasteiger partial charge in [0.2, 0.25) is 0 Å². The van der Waals surface area contributed by atoms with Gasteiger partial charge >= 0.3 is 7.82 Å². The van der Waals surface area contributed by atoms with E-state index in [0.717, 1.165) is 23.4 Å². The molecule has 0 aliphatic heterocycles. The summed E-state index contributed by atoms with van der Waals surface area (Å²) >= 11 is 0. The predicted octanol–water partition coefficient (Wildman–Crippen LogP) is 3.10. The van der Waals surface area contributed by atoms with Crippen LogP contribution in [0.4, 0.5) is 0 Å². The SMILES string of the molecule is COP(=O)(O)OCc1ccc2ccccc2c1. The second kappa shape index (κ2) is 4.98. The summed E-state index contributed by atoms with van der Waals surface area (Å²) in [5, 5.41) is 2.19. The topological polar surface area (TPSA) is 55.8 Å². The molecule has 0 aliphatic carbocycles. The molecule has 2 aromatic carbocycles. The van der Waals surface area contributed by atoms with Crippen LogP contribution < -0.4 is 0 Å². The van der Waals surface area contributed by atoms with Crippen molar-refractivity contribution < 1.29 is 18.5 Å². The lowest BCUT2D eigenvalue weighted by Crippen LogP contribution is -1.93. The maximum absolute atomic E-state index is 11.1. The molecule has 2 aromatic rings. The van der Waals surface area contributed by atoms with Crippen LogP contribution in [0, 0.1) is 0 Å². The minimum Gasteiger partial charge on any atom is -0.302 e. The van der Waals surface area contributed by atoms with Gasteiger partial charge in [-0.25, -0.2) is 4.57 Å². The monoisotopic (exact) mass is 252 g/mol. The second-order valence-corrected chi connectivity index (χ2v) is 5.17. The van der Waals surface area contributed by atoms with E-state index in [1.807, 2.05) is 42.5 Å². The summed E-state index contributed by atoms with van der Waals surface area (Å²) in [5.41, 5.74) is 0.829. The van der Waals surface area contributed by atoms with Crippen LogP contribution in [-0.4, -0.2) is 12.0 Å². The molecule has 0 spiro atoms. The van der Waals surface area contributed by atoms with E-state index in [9.17, 15) is 4.57 Å². The molecule has 17 heavy (non-hydrogen) atoms. The van der Waals surface area contributed by atoms with E-state index in [-0.39, 0.29) is 6.61 Å². The summed E-state index contributed by atoms with van der Waals surface area (Å²) in [6, 6.07) is 13.6. The van der Waals surface area contributed by atoms with Gasteiger partial charge in [-0.15, -0.1) is 0 Å². The van der Waals surface area contributed by atoms with Crippen LogP contribution >= 0.6 is 7.82 Å². The van der Waals surface area contributed by atoms with Gasteiger partial charge in [-0.1, -0.05) is 36.4 Å². The molecule has 0 saturated carbocycles. The van der Waals surface area contributed by atoms with Gasteiger partial charge in [-0.05, 0) is 22.4 Å². The molecule has 0 heterocycles. The lowest BCUT2D eigenvalue weighted by molar-refractivity contribution is 0.166. The molecule has 0 aliphatic rings. The van der Waals surface area contributed by atoms with Crippen molar-refractivity contribution in [1.29, 1.82) is 0 Å². The average Bonchev–Trinajstić information content (AvgIpc) is 2.36. The Morgan fingerprint density at radius 1 is 1.18 bits per heavy atom. The van der Waals surface area contributed by atoms with Crippen LogP contribution in [0.3, 0.4) is 0 Å². The Balaban J connectivity index is 2.17. The molecule has 0 saturated heterocycles. The Morgan fingerprint density at radius 3 is 2.59 bits per heavy atom. The van der Waals surface area contributed by atoms with Crippen molar-refractivity contribution in [2.45, 2.75) is 6.61 Å². The third kappa shape index (κ3) is 3.14. The molecule has 1 atom stereocenters. The lowest BCUT2D eigenvalue weighted by Gasteiger charge is -2.09. The summed E-state index contributed by atoms with van der Waals surface area (Å²) in [7, 11) is -2.76. The third-order valence-corrected chi connectivity index (χ3v) is 3.36. The van der Waals surface area contributed by atoms with Gasteiger partial charge in [0, 0.05) is 7.11 Å². The highest BCUT2D eigenvalue weighted by Crippen LogP contribution is 2.42. The first-order valence-corrected chi connectivity index (χ1v) is 6.61. The number of phosphoric acid groups is 1. The average molecular weight is 252 g/mol. The first-order valence-electron chi connectivity index (χ1n) is 5.11. The van der Waals surface area contributed by atoms with Crippen molar-refractivity contribution >= 4 is 18.6 Å². The molecule has 90 valence electrons. The van der Waals surface area contributed by atoms with Gasteiger partial charge in [0.05, 0.1) is 6.61 Å². The molecule has 4 nitrogen and oxygen atoms in total. The van der Waals surface area contributed by atoms with Gasteiger partial charge in [-0.2, -0.15) is 0 Å². The van der Waals surface area contributed by atoms with Crippen LogP contribution in [0.15, 0.2) is 42.5 Å². The third-order valence-electron chi connectivity index (χ3n) is 2.44. The van der Waals surface area contributed by atoms with Crippen LogP contribution in [0.2, 0.25) is 0 Å². The van der Waals surface area contributed by atoms with Crippen LogP contribution in [0.5, 0.6) is 0 Å². The van der Waals surface area contributed by atoms with E-state index in [1.54, 1.807) is 0 Å². The van der Waals surface area contributed by atoms with Crippen molar-refractivity contribution in [2.75, 3.05) is 7.11 Å². The summed E-state index contributed by atoms with van der Waals surface area (Å²) in [5.74, 6) is 0. The van der Waals surface area contributed by atoms with Crippen LogP contribution in [0.25, 0.3) is 10.8 Å².